The van der Waals surface area contributed by atoms with E-state index >= 15 is 0 Å². The minimum Gasteiger partial charge on any atom is -0.462 e. The molecule has 0 spiro atoms. The monoisotopic (exact) mass is 365 g/mol. The van der Waals surface area contributed by atoms with Crippen LogP contribution in [-0.4, -0.2) is 12.6 Å². The summed E-state index contributed by atoms with van der Waals surface area (Å²) in [5.41, 5.74) is 7.01. The van der Waals surface area contributed by atoms with Crippen LogP contribution in [0, 0.1) is 23.0 Å². The van der Waals surface area contributed by atoms with E-state index in [1.54, 1.807) is 13.8 Å². The minimum absolute atomic E-state index is 0.158. The van der Waals surface area contributed by atoms with Gasteiger partial charge in [0.2, 0.25) is 0 Å². The number of carbonyl (C=O) groups is 1. The summed E-state index contributed by atoms with van der Waals surface area (Å²) in [6.45, 7) is 3.81. The van der Waals surface area contributed by atoms with Gasteiger partial charge in [-0.15, -0.1) is 11.3 Å². The number of anilines is 1. The van der Waals surface area contributed by atoms with Crippen LogP contribution in [0.5, 0.6) is 0 Å². The van der Waals surface area contributed by atoms with Crippen molar-refractivity contribution in [1.29, 1.82) is 5.26 Å². The zero-order chi connectivity index (χ0) is 18.6. The first-order valence-corrected chi connectivity index (χ1v) is 8.37. The Bertz CT molecular complexity index is 830. The predicted octanol–water partition coefficient (Wildman–Crippen LogP) is 3.51. The van der Waals surface area contributed by atoms with E-state index in [0.717, 1.165) is 23.5 Å². The van der Waals surface area contributed by atoms with Gasteiger partial charge in [0.15, 0.2) is 11.6 Å². The van der Waals surface area contributed by atoms with Crippen molar-refractivity contribution in [2.45, 2.75) is 26.4 Å². The first kappa shape index (κ1) is 18.8. The second-order valence-electron chi connectivity index (χ2n) is 5.26. The summed E-state index contributed by atoms with van der Waals surface area (Å²) in [5, 5.41) is 12.6. The van der Waals surface area contributed by atoms with Crippen LogP contribution in [0.1, 0.15) is 46.3 Å². The molecule has 25 heavy (non-hydrogen) atoms. The third-order valence-corrected chi connectivity index (χ3v) is 4.68. The lowest BCUT2D eigenvalue weighted by Crippen LogP contribution is -2.20. The quantitative estimate of drug-likeness (QED) is 0.765. The Balaban J connectivity index is 2.23. The van der Waals surface area contributed by atoms with Crippen LogP contribution < -0.4 is 11.1 Å². The molecule has 0 fully saturated rings. The number of hydrogen-bond donors (Lipinski definition) is 2. The molecule has 0 bridgehead atoms. The van der Waals surface area contributed by atoms with E-state index in [4.69, 9.17) is 10.5 Å². The highest BCUT2D eigenvalue weighted by Gasteiger charge is 2.23. The summed E-state index contributed by atoms with van der Waals surface area (Å²) in [7, 11) is 0. The van der Waals surface area contributed by atoms with Gasteiger partial charge in [0, 0.05) is 18.2 Å². The number of rotatable bonds is 6. The first-order chi connectivity index (χ1) is 11.9. The van der Waals surface area contributed by atoms with Gasteiger partial charge in [0.1, 0.15) is 15.9 Å². The molecule has 0 amide bonds. The number of carbonyl (C=O) groups excluding carboxylic acids is 1. The maximum Gasteiger partial charge on any atom is 0.348 e. The Hall–Kier alpha value is -2.50. The van der Waals surface area contributed by atoms with Crippen molar-refractivity contribution < 1.29 is 18.3 Å². The lowest BCUT2D eigenvalue weighted by atomic mass is 10.1. The van der Waals surface area contributed by atoms with Crippen molar-refractivity contribution in [1.82, 2.24) is 5.32 Å². The van der Waals surface area contributed by atoms with E-state index in [-0.39, 0.29) is 34.6 Å². The van der Waals surface area contributed by atoms with Gasteiger partial charge in [-0.05, 0) is 31.5 Å². The van der Waals surface area contributed by atoms with Crippen LogP contribution in [0.4, 0.5) is 13.8 Å². The summed E-state index contributed by atoms with van der Waals surface area (Å²) in [6, 6.07) is 5.28. The Kier molecular flexibility index (Phi) is 6.07. The summed E-state index contributed by atoms with van der Waals surface area (Å²) in [5.74, 6) is -2.40. The smallest absolute Gasteiger partial charge is 0.348 e. The van der Waals surface area contributed by atoms with Crippen LogP contribution in [0.3, 0.4) is 0 Å². The number of benzene rings is 1. The van der Waals surface area contributed by atoms with Gasteiger partial charge in [0.05, 0.1) is 12.2 Å². The SMILES string of the molecule is CCOC(=O)c1sc(N)c(C#N)c1CN[C@@H](C)c1ccc(F)c(F)c1. The van der Waals surface area contributed by atoms with E-state index in [9.17, 15) is 18.8 Å². The average Bonchev–Trinajstić information content (AvgIpc) is 2.91. The van der Waals surface area contributed by atoms with Gasteiger partial charge in [-0.25, -0.2) is 13.6 Å². The highest BCUT2D eigenvalue weighted by molar-refractivity contribution is 7.18. The summed E-state index contributed by atoms with van der Waals surface area (Å²) in [4.78, 5) is 12.3. The molecular weight excluding hydrogens is 348 g/mol. The molecular formula is C17H17F2N3O2S. The van der Waals surface area contributed by atoms with Crippen molar-refractivity contribution in [3.8, 4) is 6.07 Å². The van der Waals surface area contributed by atoms with Crippen LogP contribution in [0.2, 0.25) is 0 Å². The van der Waals surface area contributed by atoms with Crippen molar-refractivity contribution in [2.24, 2.45) is 0 Å². The van der Waals surface area contributed by atoms with Gasteiger partial charge in [-0.2, -0.15) is 5.26 Å². The van der Waals surface area contributed by atoms with Crippen LogP contribution in [0.25, 0.3) is 0 Å². The van der Waals surface area contributed by atoms with Crippen molar-refractivity contribution in [2.75, 3.05) is 12.3 Å². The molecule has 0 aliphatic carbocycles. The Morgan fingerprint density at radius 2 is 2.16 bits per heavy atom. The van der Waals surface area contributed by atoms with Crippen LogP contribution in [-0.2, 0) is 11.3 Å². The van der Waals surface area contributed by atoms with Gasteiger partial charge in [0.25, 0.3) is 0 Å². The first-order valence-electron chi connectivity index (χ1n) is 7.55. The molecule has 1 aromatic heterocycles. The summed E-state index contributed by atoms with van der Waals surface area (Å²) < 4.78 is 31.4. The molecule has 2 rings (SSSR count). The minimum atomic E-state index is -0.934. The molecule has 8 heteroatoms. The number of thiophene rings is 1. The lowest BCUT2D eigenvalue weighted by Gasteiger charge is -2.15. The Morgan fingerprint density at radius 1 is 1.44 bits per heavy atom. The predicted molar refractivity (Wildman–Crippen MR) is 91.0 cm³/mol. The van der Waals surface area contributed by atoms with Crippen molar-refractivity contribution >= 4 is 22.3 Å². The van der Waals surface area contributed by atoms with Crippen LogP contribution >= 0.6 is 11.3 Å². The number of nitriles is 1. The summed E-state index contributed by atoms with van der Waals surface area (Å²) >= 11 is 0.997. The van der Waals surface area contributed by atoms with Gasteiger partial charge >= 0.3 is 5.97 Å². The third-order valence-electron chi connectivity index (χ3n) is 3.64. The van der Waals surface area contributed by atoms with E-state index in [1.807, 2.05) is 6.07 Å². The fourth-order valence-corrected chi connectivity index (χ4v) is 3.22. The second-order valence-corrected chi connectivity index (χ2v) is 6.31. The number of halogens is 2. The number of ether oxygens (including phenoxy) is 1. The second kappa shape index (κ2) is 8.05. The van der Waals surface area contributed by atoms with E-state index < -0.39 is 17.6 Å². The van der Waals surface area contributed by atoms with Gasteiger partial charge < -0.3 is 15.8 Å². The molecule has 1 atom stereocenters. The zero-order valence-electron chi connectivity index (χ0n) is 13.7. The molecule has 2 aromatic rings. The maximum absolute atomic E-state index is 13.4. The van der Waals surface area contributed by atoms with Crippen molar-refractivity contribution in [3.63, 3.8) is 0 Å². The molecule has 0 aliphatic heterocycles. The fourth-order valence-electron chi connectivity index (χ4n) is 2.29. The number of nitrogens with two attached hydrogens (primary N) is 1. The van der Waals surface area contributed by atoms with Crippen LogP contribution in [0.15, 0.2) is 18.2 Å². The zero-order valence-corrected chi connectivity index (χ0v) is 14.5. The van der Waals surface area contributed by atoms with Gasteiger partial charge in [-0.1, -0.05) is 6.07 Å². The summed E-state index contributed by atoms with van der Waals surface area (Å²) in [6.07, 6.45) is 0. The number of esters is 1. The van der Waals surface area contributed by atoms with E-state index in [0.29, 0.717) is 11.1 Å². The maximum atomic E-state index is 13.4. The normalized spacial score (nSPS) is 11.8. The molecule has 5 nitrogen and oxygen atoms in total. The molecule has 0 unspecified atom stereocenters. The number of hydrogen-bond acceptors (Lipinski definition) is 6. The Morgan fingerprint density at radius 3 is 2.76 bits per heavy atom. The highest BCUT2D eigenvalue weighted by Crippen LogP contribution is 2.31. The number of nitrogens with zero attached hydrogens (tertiary/aromatic N) is 1. The molecule has 0 saturated heterocycles. The molecule has 1 heterocycles. The highest BCUT2D eigenvalue weighted by atomic mass is 32.1. The fraction of sp³-hybridized carbons (Fsp3) is 0.294. The third kappa shape index (κ3) is 4.13. The Labute approximate surface area is 148 Å². The standard InChI is InChI=1S/C17H17F2N3O2S/c1-3-24-17(23)15-12(11(7-20)16(21)25-15)8-22-9(2)10-4-5-13(18)14(19)6-10/h4-6,9,22H,3,8,21H2,1-2H3/t9-/m0/s1. The number of nitrogens with one attached hydrogen (secondary N) is 1. The largest absolute Gasteiger partial charge is 0.462 e. The molecule has 3 N–H and O–H groups in total. The number of nitrogen functional groups attached to an aromatic ring is 1. The molecule has 1 aromatic carbocycles. The topological polar surface area (TPSA) is 88.1 Å². The molecule has 0 saturated carbocycles. The molecule has 0 aliphatic rings. The van der Waals surface area contributed by atoms with Crippen molar-refractivity contribution in [3.05, 3.63) is 51.4 Å². The van der Waals surface area contributed by atoms with E-state index in [2.05, 4.69) is 5.32 Å². The molecule has 132 valence electrons. The molecule has 0 radical (unpaired) electrons. The lowest BCUT2D eigenvalue weighted by molar-refractivity contribution is 0.0530. The van der Waals surface area contributed by atoms with E-state index in [1.165, 1.54) is 6.07 Å². The average molecular weight is 365 g/mol. The van der Waals surface area contributed by atoms with Gasteiger partial charge in [-0.3, -0.25) is 0 Å².